The summed E-state index contributed by atoms with van der Waals surface area (Å²) in [5.41, 5.74) is 0.967. The van der Waals surface area contributed by atoms with E-state index in [9.17, 15) is 4.79 Å². The summed E-state index contributed by atoms with van der Waals surface area (Å²) in [6.07, 6.45) is 3.10. The average Bonchev–Trinajstić information content (AvgIpc) is 2.48. The molecule has 0 bridgehead atoms. The lowest BCUT2D eigenvalue weighted by Crippen LogP contribution is -2.12. The monoisotopic (exact) mass is 292 g/mol. The summed E-state index contributed by atoms with van der Waals surface area (Å²) in [5.74, 6) is 0.672. The third-order valence-electron chi connectivity index (χ3n) is 2.66. The number of hydrogen-bond acceptors (Lipinski definition) is 4. The van der Waals surface area contributed by atoms with E-state index in [0.717, 1.165) is 0 Å². The van der Waals surface area contributed by atoms with Crippen molar-refractivity contribution in [1.29, 1.82) is 0 Å². The largest absolute Gasteiger partial charge is 0.495 e. The molecule has 0 saturated heterocycles. The summed E-state index contributed by atoms with van der Waals surface area (Å²) in [7, 11) is 3.01. The fourth-order valence-corrected chi connectivity index (χ4v) is 1.90. The van der Waals surface area contributed by atoms with Gasteiger partial charge in [-0.15, -0.1) is 0 Å². The molecular formula is C14H13ClN2O3. The van der Waals surface area contributed by atoms with Crippen molar-refractivity contribution in [3.63, 3.8) is 0 Å². The zero-order valence-corrected chi connectivity index (χ0v) is 11.8. The molecule has 0 aliphatic rings. The number of amides is 1. The Morgan fingerprint density at radius 1 is 1.15 bits per heavy atom. The number of hydrogen-bond donors (Lipinski definition) is 1. The van der Waals surface area contributed by atoms with E-state index in [4.69, 9.17) is 21.1 Å². The highest BCUT2D eigenvalue weighted by Gasteiger charge is 2.13. The maximum absolute atomic E-state index is 12.1. The molecular weight excluding hydrogens is 280 g/mol. The normalized spacial score (nSPS) is 9.95. The van der Waals surface area contributed by atoms with Gasteiger partial charge < -0.3 is 14.8 Å². The first-order chi connectivity index (χ1) is 9.65. The first-order valence-corrected chi connectivity index (χ1v) is 6.16. The predicted octanol–water partition coefficient (Wildman–Crippen LogP) is 3.00. The van der Waals surface area contributed by atoms with E-state index < -0.39 is 0 Å². The van der Waals surface area contributed by atoms with Gasteiger partial charge in [-0.3, -0.25) is 9.78 Å². The van der Waals surface area contributed by atoms with Crippen molar-refractivity contribution in [1.82, 2.24) is 4.98 Å². The van der Waals surface area contributed by atoms with Crippen LogP contribution in [-0.2, 0) is 0 Å². The van der Waals surface area contributed by atoms with Crippen LogP contribution in [0.3, 0.4) is 0 Å². The van der Waals surface area contributed by atoms with Gasteiger partial charge in [-0.1, -0.05) is 11.6 Å². The van der Waals surface area contributed by atoms with Crippen molar-refractivity contribution >= 4 is 23.2 Å². The number of carbonyl (C=O) groups excluding carboxylic acids is 1. The number of nitrogens with one attached hydrogen (secondary N) is 1. The van der Waals surface area contributed by atoms with Gasteiger partial charge in [-0.2, -0.15) is 0 Å². The highest BCUT2D eigenvalue weighted by molar-refractivity contribution is 6.32. The van der Waals surface area contributed by atoms with Crippen molar-refractivity contribution in [3.05, 3.63) is 47.2 Å². The molecule has 5 nitrogen and oxygen atoms in total. The van der Waals surface area contributed by atoms with Crippen LogP contribution in [0.5, 0.6) is 11.5 Å². The van der Waals surface area contributed by atoms with Crippen LogP contribution < -0.4 is 14.8 Å². The summed E-state index contributed by atoms with van der Waals surface area (Å²) in [4.78, 5) is 15.9. The van der Waals surface area contributed by atoms with Gasteiger partial charge in [0.1, 0.15) is 11.5 Å². The van der Waals surface area contributed by atoms with E-state index in [0.29, 0.717) is 27.8 Å². The van der Waals surface area contributed by atoms with Gasteiger partial charge in [-0.05, 0) is 18.2 Å². The summed E-state index contributed by atoms with van der Waals surface area (Å²) in [5, 5.41) is 3.13. The van der Waals surface area contributed by atoms with Gasteiger partial charge in [0.05, 0.1) is 24.9 Å². The third kappa shape index (κ3) is 3.00. The Kier molecular flexibility index (Phi) is 4.42. The van der Waals surface area contributed by atoms with Crippen molar-refractivity contribution in [2.24, 2.45) is 0 Å². The second-order valence-corrected chi connectivity index (χ2v) is 4.28. The number of methoxy groups -OCH3 is 2. The number of carbonyl (C=O) groups is 1. The smallest absolute Gasteiger partial charge is 0.255 e. The minimum atomic E-state index is -0.271. The molecule has 0 saturated carbocycles. The zero-order chi connectivity index (χ0) is 14.5. The summed E-state index contributed by atoms with van der Waals surface area (Å²) < 4.78 is 10.3. The number of benzene rings is 1. The molecule has 1 N–H and O–H groups in total. The minimum Gasteiger partial charge on any atom is -0.495 e. The molecule has 0 atom stereocenters. The molecule has 6 heteroatoms. The quantitative estimate of drug-likeness (QED) is 0.941. The Bertz CT molecular complexity index is 617. The third-order valence-corrected chi connectivity index (χ3v) is 2.96. The van der Waals surface area contributed by atoms with Crippen LogP contribution >= 0.6 is 11.6 Å². The lowest BCUT2D eigenvalue weighted by molar-refractivity contribution is 0.102. The molecule has 0 spiro atoms. The number of aromatic nitrogens is 1. The molecule has 104 valence electrons. The van der Waals surface area contributed by atoms with Crippen LogP contribution in [-0.4, -0.2) is 25.1 Å². The molecule has 1 heterocycles. The van der Waals surface area contributed by atoms with Gasteiger partial charge in [-0.25, -0.2) is 0 Å². The van der Waals surface area contributed by atoms with E-state index >= 15 is 0 Å². The van der Waals surface area contributed by atoms with Crippen LogP contribution in [0, 0.1) is 0 Å². The first-order valence-electron chi connectivity index (χ1n) is 5.78. The molecule has 0 aliphatic heterocycles. The Morgan fingerprint density at radius 2 is 1.80 bits per heavy atom. The fraction of sp³-hybridized carbons (Fsp3) is 0.143. The molecule has 20 heavy (non-hydrogen) atoms. The molecule has 0 radical (unpaired) electrons. The molecule has 0 aliphatic carbocycles. The Hall–Kier alpha value is -2.27. The van der Waals surface area contributed by atoms with Crippen LogP contribution in [0.15, 0.2) is 36.7 Å². The number of nitrogens with zero attached hydrogens (tertiary/aromatic N) is 1. The van der Waals surface area contributed by atoms with E-state index in [2.05, 4.69) is 10.3 Å². The van der Waals surface area contributed by atoms with Crippen molar-refractivity contribution in [3.8, 4) is 11.5 Å². The van der Waals surface area contributed by atoms with Gasteiger partial charge in [0.15, 0.2) is 0 Å². The highest BCUT2D eigenvalue weighted by Crippen LogP contribution is 2.36. The Morgan fingerprint density at radius 3 is 2.40 bits per heavy atom. The number of ether oxygens (including phenoxy) is 2. The lowest BCUT2D eigenvalue weighted by atomic mass is 10.2. The lowest BCUT2D eigenvalue weighted by Gasteiger charge is -2.13. The maximum atomic E-state index is 12.1. The number of pyridine rings is 1. The molecule has 0 unspecified atom stereocenters. The van der Waals surface area contributed by atoms with E-state index in [1.807, 2.05) is 0 Å². The van der Waals surface area contributed by atoms with Crippen LogP contribution in [0.1, 0.15) is 10.4 Å². The molecule has 0 fully saturated rings. The predicted molar refractivity (Wildman–Crippen MR) is 76.7 cm³/mol. The SMILES string of the molecule is COc1cc(OC)c(NC(=O)c2ccncc2)cc1Cl. The topological polar surface area (TPSA) is 60.5 Å². The van der Waals surface area contributed by atoms with Gasteiger partial charge in [0.25, 0.3) is 5.91 Å². The maximum Gasteiger partial charge on any atom is 0.255 e. The standard InChI is InChI=1S/C14H13ClN2O3/c1-19-12-8-13(20-2)11(7-10(12)15)17-14(18)9-3-5-16-6-4-9/h3-8H,1-2H3,(H,17,18). The molecule has 1 amide bonds. The number of rotatable bonds is 4. The van der Waals surface area contributed by atoms with Crippen molar-refractivity contribution < 1.29 is 14.3 Å². The summed E-state index contributed by atoms with van der Waals surface area (Å²) in [6, 6.07) is 6.43. The fourth-order valence-electron chi connectivity index (χ4n) is 1.66. The highest BCUT2D eigenvalue weighted by atomic mass is 35.5. The molecule has 1 aromatic heterocycles. The van der Waals surface area contributed by atoms with Crippen LogP contribution in [0.25, 0.3) is 0 Å². The second-order valence-electron chi connectivity index (χ2n) is 3.88. The minimum absolute atomic E-state index is 0.271. The number of anilines is 1. The Labute approximate surface area is 121 Å². The van der Waals surface area contributed by atoms with Crippen molar-refractivity contribution in [2.75, 3.05) is 19.5 Å². The van der Waals surface area contributed by atoms with Crippen LogP contribution in [0.4, 0.5) is 5.69 Å². The summed E-state index contributed by atoms with van der Waals surface area (Å²) in [6.45, 7) is 0. The van der Waals surface area contributed by atoms with E-state index in [1.54, 1.807) is 36.7 Å². The zero-order valence-electron chi connectivity index (χ0n) is 11.0. The molecule has 2 aromatic rings. The van der Waals surface area contributed by atoms with E-state index in [1.165, 1.54) is 14.2 Å². The molecule has 2 rings (SSSR count). The van der Waals surface area contributed by atoms with Gasteiger partial charge in [0.2, 0.25) is 0 Å². The second kappa shape index (κ2) is 6.25. The summed E-state index contributed by atoms with van der Waals surface area (Å²) >= 11 is 6.05. The molecule has 1 aromatic carbocycles. The van der Waals surface area contributed by atoms with Crippen LogP contribution in [0.2, 0.25) is 5.02 Å². The van der Waals surface area contributed by atoms with Gasteiger partial charge >= 0.3 is 0 Å². The first kappa shape index (κ1) is 14.1. The Balaban J connectivity index is 2.29. The van der Waals surface area contributed by atoms with Gasteiger partial charge in [0, 0.05) is 24.0 Å². The van der Waals surface area contributed by atoms with E-state index in [-0.39, 0.29) is 5.91 Å². The number of halogens is 1. The van der Waals surface area contributed by atoms with Crippen molar-refractivity contribution in [2.45, 2.75) is 0 Å². The average molecular weight is 293 g/mol.